The highest BCUT2D eigenvalue weighted by molar-refractivity contribution is 5.19. The normalized spacial score (nSPS) is 27.8. The number of hydrogen-bond donors (Lipinski definition) is 1. The van der Waals surface area contributed by atoms with Crippen molar-refractivity contribution in [2.24, 2.45) is 0 Å². The topological polar surface area (TPSA) is 29.5 Å². The quantitative estimate of drug-likeness (QED) is 0.719. The maximum absolute atomic E-state index is 12.6. The van der Waals surface area contributed by atoms with Gasteiger partial charge in [0.2, 0.25) is 0 Å². The van der Waals surface area contributed by atoms with Crippen molar-refractivity contribution in [3.05, 3.63) is 35.6 Å². The van der Waals surface area contributed by atoms with Crippen LogP contribution in [0.4, 0.5) is 4.39 Å². The molecule has 2 atom stereocenters. The van der Waals surface area contributed by atoms with Gasteiger partial charge in [0.25, 0.3) is 0 Å². The molecule has 2 unspecified atom stereocenters. The molecule has 1 N–H and O–H groups in total. The lowest BCUT2D eigenvalue weighted by molar-refractivity contribution is -0.0914. The van der Waals surface area contributed by atoms with E-state index >= 15 is 0 Å². The first-order valence-corrected chi connectivity index (χ1v) is 4.35. The summed E-state index contributed by atoms with van der Waals surface area (Å²) in [6, 6.07) is 6.20. The van der Waals surface area contributed by atoms with Crippen molar-refractivity contribution in [3.63, 3.8) is 0 Å². The molecule has 1 aliphatic heterocycles. The SMILES string of the molecule is OC1CCC(c2ccc(F)cc2)O1. The number of rotatable bonds is 1. The van der Waals surface area contributed by atoms with Crippen LogP contribution < -0.4 is 0 Å². The second-order valence-electron chi connectivity index (χ2n) is 3.21. The van der Waals surface area contributed by atoms with Crippen molar-refractivity contribution in [1.82, 2.24) is 0 Å². The molecule has 0 aliphatic carbocycles. The number of hydrogen-bond acceptors (Lipinski definition) is 2. The highest BCUT2D eigenvalue weighted by Gasteiger charge is 2.24. The summed E-state index contributed by atoms with van der Waals surface area (Å²) in [5, 5.41) is 9.12. The van der Waals surface area contributed by atoms with E-state index in [9.17, 15) is 4.39 Å². The maximum Gasteiger partial charge on any atom is 0.155 e. The number of halogens is 1. The van der Waals surface area contributed by atoms with Gasteiger partial charge < -0.3 is 9.84 Å². The summed E-state index contributed by atoms with van der Waals surface area (Å²) in [7, 11) is 0. The van der Waals surface area contributed by atoms with Crippen LogP contribution in [0.5, 0.6) is 0 Å². The molecule has 1 heterocycles. The second kappa shape index (κ2) is 3.44. The lowest BCUT2D eigenvalue weighted by atomic mass is 10.1. The van der Waals surface area contributed by atoms with E-state index < -0.39 is 6.29 Å². The Kier molecular flexibility index (Phi) is 2.29. The predicted molar refractivity (Wildman–Crippen MR) is 45.5 cm³/mol. The molecule has 1 fully saturated rings. The van der Waals surface area contributed by atoms with Crippen LogP contribution in [0, 0.1) is 5.82 Å². The average Bonchev–Trinajstić information content (AvgIpc) is 2.53. The van der Waals surface area contributed by atoms with Gasteiger partial charge in [-0.15, -0.1) is 0 Å². The average molecular weight is 182 g/mol. The molecule has 0 amide bonds. The Balaban J connectivity index is 2.13. The third kappa shape index (κ3) is 1.87. The fraction of sp³-hybridized carbons (Fsp3) is 0.400. The van der Waals surface area contributed by atoms with Crippen LogP contribution in [0.25, 0.3) is 0 Å². The standard InChI is InChI=1S/C10H11FO2/c11-8-3-1-7(2-4-8)9-5-6-10(12)13-9/h1-4,9-10,12H,5-6H2. The fourth-order valence-corrected chi connectivity index (χ4v) is 1.54. The largest absolute Gasteiger partial charge is 0.368 e. The molecular formula is C10H11FO2. The van der Waals surface area contributed by atoms with Crippen LogP contribution in [0.3, 0.4) is 0 Å². The van der Waals surface area contributed by atoms with Gasteiger partial charge in [-0.05, 0) is 24.1 Å². The third-order valence-corrected chi connectivity index (χ3v) is 2.24. The first-order chi connectivity index (χ1) is 6.25. The molecule has 0 radical (unpaired) electrons. The van der Waals surface area contributed by atoms with Gasteiger partial charge in [-0.3, -0.25) is 0 Å². The third-order valence-electron chi connectivity index (χ3n) is 2.24. The minimum absolute atomic E-state index is 0.0735. The van der Waals surface area contributed by atoms with E-state index in [0.29, 0.717) is 6.42 Å². The molecule has 1 aromatic carbocycles. The Labute approximate surface area is 76.0 Å². The van der Waals surface area contributed by atoms with E-state index in [1.54, 1.807) is 12.1 Å². The summed E-state index contributed by atoms with van der Waals surface area (Å²) in [6.07, 6.45) is 0.722. The molecule has 70 valence electrons. The van der Waals surface area contributed by atoms with Gasteiger partial charge in [0.1, 0.15) is 5.82 Å². The molecule has 2 rings (SSSR count). The van der Waals surface area contributed by atoms with E-state index in [1.165, 1.54) is 12.1 Å². The van der Waals surface area contributed by atoms with Crippen molar-refractivity contribution in [2.45, 2.75) is 25.2 Å². The van der Waals surface area contributed by atoms with Gasteiger partial charge in [-0.2, -0.15) is 0 Å². The van der Waals surface area contributed by atoms with Crippen molar-refractivity contribution in [1.29, 1.82) is 0 Å². The molecule has 0 spiro atoms. The first kappa shape index (κ1) is 8.66. The van der Waals surface area contributed by atoms with Crippen molar-refractivity contribution in [3.8, 4) is 0 Å². The van der Waals surface area contributed by atoms with Crippen LogP contribution in [-0.4, -0.2) is 11.4 Å². The second-order valence-corrected chi connectivity index (χ2v) is 3.21. The van der Waals surface area contributed by atoms with E-state index in [-0.39, 0.29) is 11.9 Å². The van der Waals surface area contributed by atoms with Gasteiger partial charge in [0, 0.05) is 6.42 Å². The zero-order chi connectivity index (χ0) is 9.26. The van der Waals surface area contributed by atoms with Crippen molar-refractivity contribution < 1.29 is 14.2 Å². The maximum atomic E-state index is 12.6. The minimum Gasteiger partial charge on any atom is -0.368 e. The zero-order valence-electron chi connectivity index (χ0n) is 7.11. The van der Waals surface area contributed by atoms with Crippen LogP contribution in [-0.2, 0) is 4.74 Å². The van der Waals surface area contributed by atoms with Gasteiger partial charge in [0.05, 0.1) is 6.10 Å². The fourth-order valence-electron chi connectivity index (χ4n) is 1.54. The molecule has 1 aromatic rings. The molecule has 13 heavy (non-hydrogen) atoms. The molecule has 0 bridgehead atoms. The summed E-state index contributed by atoms with van der Waals surface area (Å²) >= 11 is 0. The number of aliphatic hydroxyl groups excluding tert-OH is 1. The molecule has 3 heteroatoms. The predicted octanol–water partition coefficient (Wildman–Crippen LogP) is 2.00. The Bertz CT molecular complexity index is 283. The zero-order valence-corrected chi connectivity index (χ0v) is 7.11. The lowest BCUT2D eigenvalue weighted by Gasteiger charge is -2.10. The highest BCUT2D eigenvalue weighted by atomic mass is 19.1. The molecular weight excluding hydrogens is 171 g/mol. The van der Waals surface area contributed by atoms with E-state index in [4.69, 9.17) is 9.84 Å². The Morgan fingerprint density at radius 2 is 1.92 bits per heavy atom. The first-order valence-electron chi connectivity index (χ1n) is 4.35. The van der Waals surface area contributed by atoms with Gasteiger partial charge in [-0.25, -0.2) is 4.39 Å². The van der Waals surface area contributed by atoms with Crippen LogP contribution in [0.15, 0.2) is 24.3 Å². The highest BCUT2D eigenvalue weighted by Crippen LogP contribution is 2.31. The van der Waals surface area contributed by atoms with Gasteiger partial charge >= 0.3 is 0 Å². The van der Waals surface area contributed by atoms with E-state index in [0.717, 1.165) is 12.0 Å². The monoisotopic (exact) mass is 182 g/mol. The number of ether oxygens (including phenoxy) is 1. The summed E-state index contributed by atoms with van der Waals surface area (Å²) in [6.45, 7) is 0. The Morgan fingerprint density at radius 3 is 2.46 bits per heavy atom. The molecule has 1 aliphatic rings. The molecule has 1 saturated heterocycles. The summed E-state index contributed by atoms with van der Waals surface area (Å²) in [5.41, 5.74) is 0.929. The molecule has 0 aromatic heterocycles. The minimum atomic E-state index is -0.657. The smallest absolute Gasteiger partial charge is 0.155 e. The van der Waals surface area contributed by atoms with Gasteiger partial charge in [0.15, 0.2) is 6.29 Å². The molecule has 0 saturated carbocycles. The Hall–Kier alpha value is -0.930. The van der Waals surface area contributed by atoms with Crippen molar-refractivity contribution in [2.75, 3.05) is 0 Å². The van der Waals surface area contributed by atoms with Crippen LogP contribution >= 0.6 is 0 Å². The van der Waals surface area contributed by atoms with Crippen LogP contribution in [0.2, 0.25) is 0 Å². The lowest BCUT2D eigenvalue weighted by Crippen LogP contribution is -2.03. The van der Waals surface area contributed by atoms with Gasteiger partial charge in [-0.1, -0.05) is 12.1 Å². The summed E-state index contributed by atoms with van der Waals surface area (Å²) in [5.74, 6) is -0.248. The molecule has 2 nitrogen and oxygen atoms in total. The number of aliphatic hydroxyl groups is 1. The van der Waals surface area contributed by atoms with Crippen LogP contribution in [0.1, 0.15) is 24.5 Å². The summed E-state index contributed by atoms with van der Waals surface area (Å²) < 4.78 is 17.8. The van der Waals surface area contributed by atoms with E-state index in [2.05, 4.69) is 0 Å². The summed E-state index contributed by atoms with van der Waals surface area (Å²) in [4.78, 5) is 0. The Morgan fingerprint density at radius 1 is 1.23 bits per heavy atom. The van der Waals surface area contributed by atoms with Crippen molar-refractivity contribution >= 4 is 0 Å². The number of benzene rings is 1. The van der Waals surface area contributed by atoms with E-state index in [1.807, 2.05) is 0 Å².